The molecule has 156 valence electrons. The third-order valence-corrected chi connectivity index (χ3v) is 4.59. The van der Waals surface area contributed by atoms with Gasteiger partial charge < -0.3 is 19.5 Å². The zero-order chi connectivity index (χ0) is 20.6. The van der Waals surface area contributed by atoms with Crippen LogP contribution in [0.4, 0.5) is 4.79 Å². The Morgan fingerprint density at radius 1 is 1.11 bits per heavy atom. The van der Waals surface area contributed by atoms with Gasteiger partial charge in [0.05, 0.1) is 12.7 Å². The van der Waals surface area contributed by atoms with Crippen molar-refractivity contribution in [3.63, 3.8) is 0 Å². The van der Waals surface area contributed by atoms with E-state index in [-0.39, 0.29) is 6.10 Å². The van der Waals surface area contributed by atoms with Gasteiger partial charge in [-0.1, -0.05) is 36.8 Å². The van der Waals surface area contributed by atoms with Crippen LogP contribution in [0.5, 0.6) is 0 Å². The van der Waals surface area contributed by atoms with Crippen LogP contribution in [0.25, 0.3) is 0 Å². The van der Waals surface area contributed by atoms with Crippen molar-refractivity contribution in [3.05, 3.63) is 35.9 Å². The number of carbonyl (C=O) groups excluding carboxylic acids is 2. The molecule has 2 atom stereocenters. The molecule has 0 aromatic heterocycles. The van der Waals surface area contributed by atoms with E-state index in [4.69, 9.17) is 14.2 Å². The minimum Gasteiger partial charge on any atom is -0.461 e. The van der Waals surface area contributed by atoms with Gasteiger partial charge >= 0.3 is 12.1 Å². The molecule has 0 unspecified atom stereocenters. The minimum absolute atomic E-state index is 0.0921. The second-order valence-electron chi connectivity index (χ2n) is 8.32. The number of rotatable bonds is 7. The van der Waals surface area contributed by atoms with Crippen LogP contribution in [0.15, 0.2) is 30.3 Å². The molecule has 6 heteroatoms. The molecule has 1 saturated carbocycles. The number of alkyl carbamates (subject to hydrolysis) is 1. The monoisotopic (exact) mass is 391 g/mol. The summed E-state index contributed by atoms with van der Waals surface area (Å²) >= 11 is 0. The van der Waals surface area contributed by atoms with E-state index in [0.29, 0.717) is 6.61 Å². The Labute approximate surface area is 167 Å². The number of hydrogen-bond acceptors (Lipinski definition) is 5. The highest BCUT2D eigenvalue weighted by atomic mass is 16.6. The van der Waals surface area contributed by atoms with Crippen molar-refractivity contribution < 1.29 is 23.8 Å². The van der Waals surface area contributed by atoms with Crippen LogP contribution < -0.4 is 5.32 Å². The minimum atomic E-state index is -0.930. The van der Waals surface area contributed by atoms with E-state index < -0.39 is 29.8 Å². The van der Waals surface area contributed by atoms with Crippen molar-refractivity contribution in [2.24, 2.45) is 0 Å². The molecule has 1 aromatic rings. The molecule has 1 aromatic carbocycles. The fraction of sp³-hybridized carbons (Fsp3) is 0.636. The lowest BCUT2D eigenvalue weighted by atomic mass is 9.98. The summed E-state index contributed by atoms with van der Waals surface area (Å²) in [6, 6.07) is 8.75. The highest BCUT2D eigenvalue weighted by Gasteiger charge is 2.33. The number of amides is 1. The first-order chi connectivity index (χ1) is 13.2. The van der Waals surface area contributed by atoms with Gasteiger partial charge in [0.25, 0.3) is 0 Å². The normalized spacial score (nSPS) is 17.4. The Kier molecular flexibility index (Phi) is 8.30. The second-order valence-corrected chi connectivity index (χ2v) is 8.32. The van der Waals surface area contributed by atoms with Crippen LogP contribution >= 0.6 is 0 Å². The van der Waals surface area contributed by atoms with Crippen LogP contribution in [0, 0.1) is 0 Å². The van der Waals surface area contributed by atoms with Crippen molar-refractivity contribution in [1.82, 2.24) is 5.32 Å². The molecule has 0 radical (unpaired) electrons. The van der Waals surface area contributed by atoms with Gasteiger partial charge in [-0.3, -0.25) is 0 Å². The van der Waals surface area contributed by atoms with Crippen LogP contribution in [0.2, 0.25) is 0 Å². The van der Waals surface area contributed by atoms with Gasteiger partial charge in [0.2, 0.25) is 0 Å². The Morgan fingerprint density at radius 2 is 1.75 bits per heavy atom. The molecule has 28 heavy (non-hydrogen) atoms. The van der Waals surface area contributed by atoms with Crippen molar-refractivity contribution in [1.29, 1.82) is 0 Å². The Bertz CT molecular complexity index is 620. The van der Waals surface area contributed by atoms with Gasteiger partial charge in [-0.15, -0.1) is 0 Å². The van der Waals surface area contributed by atoms with Crippen molar-refractivity contribution in [2.75, 3.05) is 0 Å². The zero-order valence-electron chi connectivity index (χ0n) is 17.4. The van der Waals surface area contributed by atoms with E-state index in [1.54, 1.807) is 27.7 Å². The zero-order valence-corrected chi connectivity index (χ0v) is 17.4. The lowest BCUT2D eigenvalue weighted by Gasteiger charge is -2.29. The standard InChI is InChI=1S/C22H33NO5/c1-16(26-15-17-11-7-5-8-12-17)19(23-21(25)28-22(2,3)4)20(24)27-18-13-9-6-10-14-18/h5,7-8,11-12,16,18-19H,6,9-10,13-15H2,1-4H3,(H,23,25)/t16-,19-/m0/s1. The fourth-order valence-electron chi connectivity index (χ4n) is 3.12. The summed E-state index contributed by atoms with van der Waals surface area (Å²) in [5.74, 6) is -0.474. The fourth-order valence-corrected chi connectivity index (χ4v) is 3.12. The molecule has 1 fully saturated rings. The number of hydrogen-bond donors (Lipinski definition) is 1. The van der Waals surface area contributed by atoms with E-state index in [1.807, 2.05) is 30.3 Å². The molecular weight excluding hydrogens is 358 g/mol. The lowest BCUT2D eigenvalue weighted by molar-refractivity contribution is -0.157. The Hall–Kier alpha value is -2.08. The van der Waals surface area contributed by atoms with Gasteiger partial charge in [-0.05, 0) is 58.9 Å². The summed E-state index contributed by atoms with van der Waals surface area (Å²) in [5.41, 5.74) is 0.335. The molecule has 6 nitrogen and oxygen atoms in total. The largest absolute Gasteiger partial charge is 0.461 e. The average molecular weight is 392 g/mol. The highest BCUT2D eigenvalue weighted by molar-refractivity contribution is 5.82. The predicted octanol–water partition coefficient (Wildman–Crippen LogP) is 4.36. The summed E-state index contributed by atoms with van der Waals surface area (Å²) in [7, 11) is 0. The molecular formula is C22H33NO5. The summed E-state index contributed by atoms with van der Waals surface area (Å²) < 4.78 is 16.8. The quantitative estimate of drug-likeness (QED) is 0.699. The summed E-state index contributed by atoms with van der Waals surface area (Å²) in [4.78, 5) is 25.0. The van der Waals surface area contributed by atoms with E-state index in [2.05, 4.69) is 5.32 Å². The Balaban J connectivity index is 2.00. The smallest absolute Gasteiger partial charge is 0.408 e. The molecule has 0 bridgehead atoms. The topological polar surface area (TPSA) is 73.9 Å². The number of nitrogens with one attached hydrogen (secondary N) is 1. The first-order valence-electron chi connectivity index (χ1n) is 10.1. The summed E-state index contributed by atoms with van der Waals surface area (Å²) in [5, 5.41) is 2.64. The maximum absolute atomic E-state index is 12.8. The van der Waals surface area contributed by atoms with Crippen LogP contribution in [-0.2, 0) is 25.6 Å². The maximum Gasteiger partial charge on any atom is 0.408 e. The van der Waals surface area contributed by atoms with Crippen LogP contribution in [0.1, 0.15) is 65.4 Å². The molecule has 0 spiro atoms. The van der Waals surface area contributed by atoms with E-state index >= 15 is 0 Å². The molecule has 1 aliphatic carbocycles. The van der Waals surface area contributed by atoms with Crippen molar-refractivity contribution in [3.8, 4) is 0 Å². The molecule has 1 N–H and O–H groups in total. The van der Waals surface area contributed by atoms with Crippen molar-refractivity contribution >= 4 is 12.1 Å². The molecule has 1 aliphatic rings. The molecule has 2 rings (SSSR count). The van der Waals surface area contributed by atoms with Gasteiger partial charge in [-0.2, -0.15) is 0 Å². The molecule has 1 amide bonds. The van der Waals surface area contributed by atoms with Gasteiger partial charge in [0.1, 0.15) is 11.7 Å². The predicted molar refractivity (Wildman–Crippen MR) is 107 cm³/mol. The van der Waals surface area contributed by atoms with Gasteiger partial charge in [0, 0.05) is 0 Å². The van der Waals surface area contributed by atoms with Crippen molar-refractivity contribution in [2.45, 2.75) is 90.3 Å². The van der Waals surface area contributed by atoms with E-state index in [9.17, 15) is 9.59 Å². The van der Waals surface area contributed by atoms with Gasteiger partial charge in [0.15, 0.2) is 6.04 Å². The van der Waals surface area contributed by atoms with Crippen LogP contribution in [-0.4, -0.2) is 35.9 Å². The maximum atomic E-state index is 12.8. The lowest BCUT2D eigenvalue weighted by Crippen LogP contribution is -2.51. The SMILES string of the molecule is C[C@H](OCc1ccccc1)[C@H](NC(=O)OC(C)(C)C)C(=O)OC1CCCCC1. The third kappa shape index (κ3) is 7.89. The van der Waals surface area contributed by atoms with E-state index in [1.165, 1.54) is 6.42 Å². The molecule has 0 saturated heterocycles. The molecule has 0 aliphatic heterocycles. The Morgan fingerprint density at radius 3 is 2.36 bits per heavy atom. The number of carbonyl (C=O) groups is 2. The molecule has 0 heterocycles. The second kappa shape index (κ2) is 10.5. The number of esters is 1. The van der Waals surface area contributed by atoms with Crippen LogP contribution in [0.3, 0.4) is 0 Å². The number of ether oxygens (including phenoxy) is 3. The highest BCUT2D eigenvalue weighted by Crippen LogP contribution is 2.21. The first-order valence-corrected chi connectivity index (χ1v) is 10.1. The summed E-state index contributed by atoms with van der Waals surface area (Å²) in [6.07, 6.45) is 3.70. The van der Waals surface area contributed by atoms with E-state index in [0.717, 1.165) is 31.2 Å². The number of benzene rings is 1. The average Bonchev–Trinajstić information content (AvgIpc) is 2.64. The van der Waals surface area contributed by atoms with Gasteiger partial charge in [-0.25, -0.2) is 9.59 Å². The third-order valence-electron chi connectivity index (χ3n) is 4.59. The first kappa shape index (κ1) is 22.2. The summed E-state index contributed by atoms with van der Waals surface area (Å²) in [6.45, 7) is 7.42.